The van der Waals surface area contributed by atoms with Gasteiger partial charge in [-0.2, -0.15) is 5.10 Å². The molecular weight excluding hydrogens is 342 g/mol. The number of amides is 1. The Kier molecular flexibility index (Phi) is 9.29. The number of methoxy groups -OCH3 is 3. The van der Waals surface area contributed by atoms with Crippen LogP contribution >= 0.6 is 0 Å². The minimum absolute atomic E-state index is 0.231. The van der Waals surface area contributed by atoms with Crippen molar-refractivity contribution in [2.24, 2.45) is 0 Å². The molecule has 0 atom stereocenters. The number of aromatic nitrogens is 2. The topological polar surface area (TPSA) is 83.8 Å². The SMILES string of the molecule is COCc1cc(C(=O)NCC(OC)OC)n(COCC[Si](C)(C)C)n1. The molecule has 0 unspecified atom stereocenters. The van der Waals surface area contributed by atoms with Crippen LogP contribution in [0.25, 0.3) is 0 Å². The van der Waals surface area contributed by atoms with E-state index < -0.39 is 14.4 Å². The van der Waals surface area contributed by atoms with E-state index in [1.165, 1.54) is 14.2 Å². The number of nitrogens with zero attached hydrogens (tertiary/aromatic N) is 2. The van der Waals surface area contributed by atoms with Gasteiger partial charge in [0, 0.05) is 36.0 Å². The summed E-state index contributed by atoms with van der Waals surface area (Å²) in [6.45, 7) is 8.35. The van der Waals surface area contributed by atoms with Gasteiger partial charge in [0.15, 0.2) is 6.29 Å². The summed E-state index contributed by atoms with van der Waals surface area (Å²) < 4.78 is 22.5. The Morgan fingerprint density at radius 3 is 2.52 bits per heavy atom. The monoisotopic (exact) mass is 373 g/mol. The van der Waals surface area contributed by atoms with Crippen LogP contribution in [0.4, 0.5) is 0 Å². The second-order valence-electron chi connectivity index (χ2n) is 6.91. The second-order valence-corrected chi connectivity index (χ2v) is 12.5. The summed E-state index contributed by atoms with van der Waals surface area (Å²) in [5, 5.41) is 7.15. The quantitative estimate of drug-likeness (QED) is 0.341. The van der Waals surface area contributed by atoms with Crippen LogP contribution in [-0.2, 0) is 32.3 Å². The fourth-order valence-corrected chi connectivity index (χ4v) is 2.79. The summed E-state index contributed by atoms with van der Waals surface area (Å²) in [7, 11) is 3.48. The van der Waals surface area contributed by atoms with E-state index in [0.29, 0.717) is 24.6 Å². The molecule has 0 aromatic carbocycles. The van der Waals surface area contributed by atoms with E-state index in [9.17, 15) is 4.79 Å². The van der Waals surface area contributed by atoms with Crippen LogP contribution in [0.2, 0.25) is 25.7 Å². The third-order valence-electron chi connectivity index (χ3n) is 3.52. The van der Waals surface area contributed by atoms with Crippen molar-refractivity contribution < 1.29 is 23.7 Å². The molecule has 1 heterocycles. The number of carbonyl (C=O) groups is 1. The zero-order valence-electron chi connectivity index (χ0n) is 16.1. The molecular formula is C16H31N3O5Si. The Balaban J connectivity index is 2.70. The van der Waals surface area contributed by atoms with Gasteiger partial charge >= 0.3 is 0 Å². The van der Waals surface area contributed by atoms with Crippen LogP contribution in [0.1, 0.15) is 16.2 Å². The van der Waals surface area contributed by atoms with Gasteiger partial charge in [-0.1, -0.05) is 19.6 Å². The highest BCUT2D eigenvalue weighted by Gasteiger charge is 2.18. The van der Waals surface area contributed by atoms with Crippen molar-refractivity contribution >= 4 is 14.0 Å². The maximum atomic E-state index is 12.4. The Hall–Kier alpha value is -1.26. The summed E-state index contributed by atoms with van der Waals surface area (Å²) in [4.78, 5) is 12.4. The molecule has 1 amide bonds. The maximum absolute atomic E-state index is 12.4. The molecule has 9 heteroatoms. The standard InChI is InChI=1S/C16H31N3O5Si/c1-21-11-13-9-14(16(20)17-10-15(22-2)23-3)19(18-13)12-24-7-8-25(4,5)6/h9,15H,7-8,10-12H2,1-6H3,(H,17,20). The first-order valence-corrected chi connectivity index (χ1v) is 12.0. The van der Waals surface area contributed by atoms with E-state index in [4.69, 9.17) is 18.9 Å². The summed E-state index contributed by atoms with van der Waals surface area (Å²) >= 11 is 0. The molecule has 25 heavy (non-hydrogen) atoms. The highest BCUT2D eigenvalue weighted by atomic mass is 28.3. The third-order valence-corrected chi connectivity index (χ3v) is 5.22. The highest BCUT2D eigenvalue weighted by molar-refractivity contribution is 6.76. The molecule has 0 radical (unpaired) electrons. The zero-order chi connectivity index (χ0) is 18.9. The largest absolute Gasteiger partial charge is 0.378 e. The van der Waals surface area contributed by atoms with Crippen LogP contribution in [0.15, 0.2) is 6.07 Å². The Bertz CT molecular complexity index is 526. The van der Waals surface area contributed by atoms with Crippen molar-refractivity contribution in [2.45, 2.75) is 45.3 Å². The molecule has 0 aliphatic heterocycles. The van der Waals surface area contributed by atoms with Crippen LogP contribution < -0.4 is 5.32 Å². The minimum Gasteiger partial charge on any atom is -0.378 e. The van der Waals surface area contributed by atoms with Gasteiger partial charge in [-0.25, -0.2) is 4.68 Å². The molecule has 8 nitrogen and oxygen atoms in total. The first-order valence-electron chi connectivity index (χ1n) is 8.28. The molecule has 0 fully saturated rings. The summed E-state index contributed by atoms with van der Waals surface area (Å²) in [5.74, 6) is -0.261. The summed E-state index contributed by atoms with van der Waals surface area (Å²) in [6, 6.07) is 2.76. The smallest absolute Gasteiger partial charge is 0.269 e. The fraction of sp³-hybridized carbons (Fsp3) is 0.750. The van der Waals surface area contributed by atoms with Crippen LogP contribution in [0, 0.1) is 0 Å². The molecule has 0 bridgehead atoms. The van der Waals surface area contributed by atoms with Crippen LogP contribution in [0.3, 0.4) is 0 Å². The lowest BCUT2D eigenvalue weighted by molar-refractivity contribution is -0.0975. The fourth-order valence-electron chi connectivity index (χ4n) is 2.03. The van der Waals surface area contributed by atoms with E-state index in [1.807, 2.05) is 0 Å². The van der Waals surface area contributed by atoms with Gasteiger partial charge < -0.3 is 24.3 Å². The molecule has 0 saturated heterocycles. The van der Waals surface area contributed by atoms with Crippen molar-refractivity contribution in [3.05, 3.63) is 17.5 Å². The van der Waals surface area contributed by atoms with Gasteiger partial charge in [0.25, 0.3) is 5.91 Å². The van der Waals surface area contributed by atoms with Crippen LogP contribution in [0.5, 0.6) is 0 Å². The molecule has 1 N–H and O–H groups in total. The summed E-state index contributed by atoms with van der Waals surface area (Å²) in [6.07, 6.45) is -0.494. The molecule has 0 aliphatic rings. The second kappa shape index (κ2) is 10.7. The highest BCUT2D eigenvalue weighted by Crippen LogP contribution is 2.10. The van der Waals surface area contributed by atoms with Gasteiger partial charge in [-0.05, 0) is 12.1 Å². The lowest BCUT2D eigenvalue weighted by Crippen LogP contribution is -2.35. The Morgan fingerprint density at radius 1 is 1.28 bits per heavy atom. The van der Waals surface area contributed by atoms with Crippen molar-refractivity contribution in [2.75, 3.05) is 34.5 Å². The number of nitrogens with one attached hydrogen (secondary N) is 1. The van der Waals surface area contributed by atoms with E-state index in [-0.39, 0.29) is 19.2 Å². The summed E-state index contributed by atoms with van der Waals surface area (Å²) in [5.41, 5.74) is 1.10. The molecule has 1 aromatic heterocycles. The molecule has 0 spiro atoms. The Morgan fingerprint density at radius 2 is 1.96 bits per heavy atom. The van der Waals surface area contributed by atoms with E-state index in [2.05, 4.69) is 30.1 Å². The molecule has 1 aromatic rings. The van der Waals surface area contributed by atoms with Gasteiger partial charge in [0.1, 0.15) is 12.4 Å². The van der Waals surface area contributed by atoms with Gasteiger partial charge in [-0.3, -0.25) is 4.79 Å². The normalized spacial score (nSPS) is 12.0. The van der Waals surface area contributed by atoms with Gasteiger partial charge in [0.2, 0.25) is 0 Å². The number of rotatable bonds is 12. The maximum Gasteiger partial charge on any atom is 0.269 e. The third kappa shape index (κ3) is 8.10. The number of carbonyl (C=O) groups excluding carboxylic acids is 1. The number of ether oxygens (including phenoxy) is 4. The average molecular weight is 374 g/mol. The van der Waals surface area contributed by atoms with Crippen molar-refractivity contribution in [3.63, 3.8) is 0 Å². The predicted octanol–water partition coefficient (Wildman–Crippen LogP) is 1.69. The minimum atomic E-state index is -1.15. The molecule has 144 valence electrons. The van der Waals surface area contributed by atoms with Crippen molar-refractivity contribution in [1.82, 2.24) is 15.1 Å². The Labute approximate surface area is 150 Å². The lowest BCUT2D eigenvalue weighted by atomic mass is 10.3. The average Bonchev–Trinajstić information content (AvgIpc) is 2.95. The number of hydrogen-bond donors (Lipinski definition) is 1. The molecule has 0 aliphatic carbocycles. The van der Waals surface area contributed by atoms with Crippen molar-refractivity contribution in [3.8, 4) is 0 Å². The zero-order valence-corrected chi connectivity index (χ0v) is 17.1. The van der Waals surface area contributed by atoms with Gasteiger partial charge in [-0.15, -0.1) is 0 Å². The number of hydrogen-bond acceptors (Lipinski definition) is 6. The van der Waals surface area contributed by atoms with Gasteiger partial charge in [0.05, 0.1) is 18.8 Å². The lowest BCUT2D eigenvalue weighted by Gasteiger charge is -2.16. The first-order chi connectivity index (χ1) is 11.8. The van der Waals surface area contributed by atoms with Crippen LogP contribution in [-0.4, -0.2) is 64.5 Å². The molecule has 1 rings (SSSR count). The van der Waals surface area contributed by atoms with E-state index >= 15 is 0 Å². The van der Waals surface area contributed by atoms with E-state index in [1.54, 1.807) is 17.9 Å². The van der Waals surface area contributed by atoms with E-state index in [0.717, 1.165) is 6.04 Å². The molecule has 0 saturated carbocycles. The predicted molar refractivity (Wildman–Crippen MR) is 97.2 cm³/mol. The van der Waals surface area contributed by atoms with Crippen molar-refractivity contribution in [1.29, 1.82) is 0 Å². The first kappa shape index (κ1) is 21.8.